The maximum atomic E-state index is 12.8. The molecule has 0 heterocycles. The fourth-order valence-corrected chi connectivity index (χ4v) is 2.52. The van der Waals surface area contributed by atoms with Crippen molar-refractivity contribution in [1.29, 1.82) is 0 Å². The number of carbonyl (C=O) groups excluding carboxylic acids is 3. The summed E-state index contributed by atoms with van der Waals surface area (Å²) in [7, 11) is 1.30. The molecule has 0 saturated heterocycles. The van der Waals surface area contributed by atoms with E-state index in [1.54, 1.807) is 29.2 Å². The SMILES string of the molecule is COC(=O)c1ccc(C(=O)N(CCC(N)=O)CCc2ccccc2)cc1. The summed E-state index contributed by atoms with van der Waals surface area (Å²) in [4.78, 5) is 37.0. The van der Waals surface area contributed by atoms with E-state index in [1.807, 2.05) is 30.3 Å². The van der Waals surface area contributed by atoms with Gasteiger partial charge in [-0.15, -0.1) is 0 Å². The number of ether oxygens (including phenoxy) is 1. The van der Waals surface area contributed by atoms with Crippen molar-refractivity contribution >= 4 is 17.8 Å². The minimum atomic E-state index is -0.460. The highest BCUT2D eigenvalue weighted by molar-refractivity contribution is 5.96. The molecule has 136 valence electrons. The molecule has 0 saturated carbocycles. The second-order valence-corrected chi connectivity index (χ2v) is 5.81. The fourth-order valence-electron chi connectivity index (χ4n) is 2.52. The van der Waals surface area contributed by atoms with Crippen molar-refractivity contribution in [2.45, 2.75) is 12.8 Å². The first-order valence-electron chi connectivity index (χ1n) is 8.31. The van der Waals surface area contributed by atoms with Crippen molar-refractivity contribution in [3.05, 3.63) is 71.3 Å². The molecule has 6 heteroatoms. The Labute approximate surface area is 152 Å². The average molecular weight is 354 g/mol. The lowest BCUT2D eigenvalue weighted by Crippen LogP contribution is -2.35. The summed E-state index contributed by atoms with van der Waals surface area (Å²) in [5.41, 5.74) is 7.14. The second-order valence-electron chi connectivity index (χ2n) is 5.81. The van der Waals surface area contributed by atoms with Gasteiger partial charge in [0.15, 0.2) is 0 Å². The third kappa shape index (κ3) is 5.44. The molecule has 0 aliphatic rings. The van der Waals surface area contributed by atoms with Crippen molar-refractivity contribution in [1.82, 2.24) is 4.90 Å². The Kier molecular flexibility index (Phi) is 6.91. The standard InChI is InChI=1S/C20H22N2O4/c1-26-20(25)17-9-7-16(8-10-17)19(24)22(14-12-18(21)23)13-11-15-5-3-2-4-6-15/h2-10H,11-14H2,1H3,(H2,21,23). The molecule has 2 N–H and O–H groups in total. The molecule has 0 aromatic heterocycles. The molecule has 0 spiro atoms. The third-order valence-corrected chi connectivity index (χ3v) is 3.98. The van der Waals surface area contributed by atoms with E-state index >= 15 is 0 Å². The lowest BCUT2D eigenvalue weighted by atomic mass is 10.1. The Bertz CT molecular complexity index is 757. The highest BCUT2D eigenvalue weighted by atomic mass is 16.5. The van der Waals surface area contributed by atoms with Crippen LogP contribution in [0, 0.1) is 0 Å². The number of nitrogens with zero attached hydrogens (tertiary/aromatic N) is 1. The van der Waals surface area contributed by atoms with Gasteiger partial charge in [-0.3, -0.25) is 9.59 Å². The molecule has 0 aliphatic carbocycles. The van der Waals surface area contributed by atoms with Crippen molar-refractivity contribution in [2.75, 3.05) is 20.2 Å². The summed E-state index contributed by atoms with van der Waals surface area (Å²) >= 11 is 0. The molecular weight excluding hydrogens is 332 g/mol. The lowest BCUT2D eigenvalue weighted by Gasteiger charge is -2.22. The number of benzene rings is 2. The number of primary amides is 1. The van der Waals surface area contributed by atoms with Crippen molar-refractivity contribution in [3.8, 4) is 0 Å². The van der Waals surface area contributed by atoms with E-state index in [0.717, 1.165) is 5.56 Å². The molecule has 0 unspecified atom stereocenters. The molecule has 26 heavy (non-hydrogen) atoms. The summed E-state index contributed by atoms with van der Waals surface area (Å²) in [6.45, 7) is 0.717. The third-order valence-electron chi connectivity index (χ3n) is 3.98. The van der Waals surface area contributed by atoms with E-state index in [4.69, 9.17) is 5.73 Å². The van der Waals surface area contributed by atoms with Crippen LogP contribution in [-0.4, -0.2) is 42.9 Å². The monoisotopic (exact) mass is 354 g/mol. The van der Waals surface area contributed by atoms with Crippen LogP contribution in [0.5, 0.6) is 0 Å². The number of nitrogens with two attached hydrogens (primary N) is 1. The smallest absolute Gasteiger partial charge is 0.337 e. The van der Waals surface area contributed by atoms with Gasteiger partial charge in [0.05, 0.1) is 12.7 Å². The first-order chi connectivity index (χ1) is 12.5. The molecule has 0 fully saturated rings. The van der Waals surface area contributed by atoms with Crippen LogP contribution in [0.15, 0.2) is 54.6 Å². The van der Waals surface area contributed by atoms with Gasteiger partial charge in [-0.25, -0.2) is 4.79 Å². The van der Waals surface area contributed by atoms with Crippen molar-refractivity contribution in [2.24, 2.45) is 5.73 Å². The van der Waals surface area contributed by atoms with Crippen molar-refractivity contribution < 1.29 is 19.1 Å². The van der Waals surface area contributed by atoms with Gasteiger partial charge in [0.1, 0.15) is 0 Å². The maximum Gasteiger partial charge on any atom is 0.337 e. The van der Waals surface area contributed by atoms with Crippen LogP contribution in [0.25, 0.3) is 0 Å². The Balaban J connectivity index is 2.10. The topological polar surface area (TPSA) is 89.7 Å². The molecule has 2 rings (SSSR count). The number of hydrogen-bond donors (Lipinski definition) is 1. The predicted octanol–water partition coefficient (Wildman–Crippen LogP) is 2.03. The van der Waals surface area contributed by atoms with Gasteiger partial charge in [0.25, 0.3) is 5.91 Å². The molecule has 0 bridgehead atoms. The summed E-state index contributed by atoms with van der Waals surface area (Å²) in [6, 6.07) is 16.0. The number of esters is 1. The Morgan fingerprint density at radius 1 is 0.923 bits per heavy atom. The van der Waals surface area contributed by atoms with E-state index in [2.05, 4.69) is 4.74 Å². The average Bonchev–Trinajstić information content (AvgIpc) is 2.67. The minimum absolute atomic E-state index is 0.0980. The van der Waals surface area contributed by atoms with Gasteiger partial charge >= 0.3 is 5.97 Å². The number of hydrogen-bond acceptors (Lipinski definition) is 4. The quantitative estimate of drug-likeness (QED) is 0.735. The van der Waals surface area contributed by atoms with E-state index in [0.29, 0.717) is 24.1 Å². The van der Waals surface area contributed by atoms with Gasteiger partial charge in [-0.05, 0) is 36.2 Å². The van der Waals surface area contributed by atoms with Crippen LogP contribution in [0.1, 0.15) is 32.7 Å². The Morgan fingerprint density at radius 3 is 2.12 bits per heavy atom. The maximum absolute atomic E-state index is 12.8. The second kappa shape index (κ2) is 9.36. The normalized spacial score (nSPS) is 10.2. The zero-order valence-electron chi connectivity index (χ0n) is 14.7. The molecule has 2 aromatic rings. The number of rotatable bonds is 8. The van der Waals surface area contributed by atoms with E-state index in [-0.39, 0.29) is 18.9 Å². The number of methoxy groups -OCH3 is 1. The summed E-state index contributed by atoms with van der Waals surface area (Å²) in [5, 5.41) is 0. The first-order valence-corrected chi connectivity index (χ1v) is 8.31. The van der Waals surface area contributed by atoms with Crippen LogP contribution in [0.3, 0.4) is 0 Å². The molecule has 0 aliphatic heterocycles. The summed E-state index contributed by atoms with van der Waals surface area (Å²) < 4.78 is 4.65. The van der Waals surface area contributed by atoms with E-state index in [9.17, 15) is 14.4 Å². The van der Waals surface area contributed by atoms with Gasteiger partial charge in [-0.2, -0.15) is 0 Å². The Morgan fingerprint density at radius 2 is 1.54 bits per heavy atom. The highest BCUT2D eigenvalue weighted by Crippen LogP contribution is 2.11. The fraction of sp³-hybridized carbons (Fsp3) is 0.250. The van der Waals surface area contributed by atoms with Crippen LogP contribution in [0.4, 0.5) is 0 Å². The number of amides is 2. The largest absolute Gasteiger partial charge is 0.465 e. The lowest BCUT2D eigenvalue weighted by molar-refractivity contribution is -0.118. The zero-order valence-corrected chi connectivity index (χ0v) is 14.7. The predicted molar refractivity (Wildman–Crippen MR) is 97.6 cm³/mol. The van der Waals surface area contributed by atoms with Crippen LogP contribution in [-0.2, 0) is 16.0 Å². The molecule has 2 amide bonds. The summed E-state index contributed by atoms with van der Waals surface area (Å²) in [5.74, 6) is -1.12. The summed E-state index contributed by atoms with van der Waals surface area (Å²) in [6.07, 6.45) is 0.770. The van der Waals surface area contributed by atoms with Gasteiger partial charge in [0, 0.05) is 25.1 Å². The van der Waals surface area contributed by atoms with E-state index in [1.165, 1.54) is 7.11 Å². The Hall–Kier alpha value is -3.15. The van der Waals surface area contributed by atoms with E-state index < -0.39 is 11.9 Å². The molecule has 0 atom stereocenters. The van der Waals surface area contributed by atoms with Gasteiger partial charge in [-0.1, -0.05) is 30.3 Å². The minimum Gasteiger partial charge on any atom is -0.465 e. The number of carbonyl (C=O) groups is 3. The van der Waals surface area contributed by atoms with Crippen LogP contribution < -0.4 is 5.73 Å². The molecule has 0 radical (unpaired) electrons. The van der Waals surface area contributed by atoms with Crippen LogP contribution >= 0.6 is 0 Å². The highest BCUT2D eigenvalue weighted by Gasteiger charge is 2.17. The molecule has 6 nitrogen and oxygen atoms in total. The van der Waals surface area contributed by atoms with Crippen molar-refractivity contribution in [3.63, 3.8) is 0 Å². The molecular formula is C20H22N2O4. The van der Waals surface area contributed by atoms with Gasteiger partial charge < -0.3 is 15.4 Å². The van der Waals surface area contributed by atoms with Gasteiger partial charge in [0.2, 0.25) is 5.91 Å². The zero-order chi connectivity index (χ0) is 18.9. The molecule has 2 aromatic carbocycles. The first kappa shape index (κ1) is 19.2. The van der Waals surface area contributed by atoms with Crippen LogP contribution in [0.2, 0.25) is 0 Å².